The number of hydrogen-bond acceptors (Lipinski definition) is 1. The summed E-state index contributed by atoms with van der Waals surface area (Å²) < 4.78 is 26.4. The summed E-state index contributed by atoms with van der Waals surface area (Å²) in [4.78, 5) is 0. The second kappa shape index (κ2) is 6.99. The van der Waals surface area contributed by atoms with Gasteiger partial charge in [0.1, 0.15) is 11.6 Å². The molecule has 2 rings (SSSR count). The molecule has 1 saturated carbocycles. The molecule has 1 aromatic carbocycles. The summed E-state index contributed by atoms with van der Waals surface area (Å²) in [5.41, 5.74) is 0.755. The van der Waals surface area contributed by atoms with E-state index >= 15 is 0 Å². The van der Waals surface area contributed by atoms with Gasteiger partial charge in [-0.15, -0.1) is 0 Å². The van der Waals surface area contributed by atoms with E-state index in [-0.39, 0.29) is 0 Å². The van der Waals surface area contributed by atoms with Gasteiger partial charge in [0, 0.05) is 12.1 Å². The molecule has 0 radical (unpaired) electrons. The van der Waals surface area contributed by atoms with E-state index in [1.807, 2.05) is 0 Å². The normalized spacial score (nSPS) is 17.2. The topological polar surface area (TPSA) is 12.0 Å². The van der Waals surface area contributed by atoms with Crippen LogP contribution in [0.2, 0.25) is 0 Å². The first-order valence-electron chi connectivity index (χ1n) is 7.35. The van der Waals surface area contributed by atoms with E-state index in [4.69, 9.17) is 0 Å². The highest BCUT2D eigenvalue weighted by atomic mass is 19.1. The van der Waals surface area contributed by atoms with Crippen LogP contribution in [0, 0.1) is 17.6 Å². The Balaban J connectivity index is 1.96. The Morgan fingerprint density at radius 3 is 2.42 bits per heavy atom. The monoisotopic (exact) mass is 267 g/mol. The van der Waals surface area contributed by atoms with Gasteiger partial charge in [-0.1, -0.05) is 26.2 Å². The van der Waals surface area contributed by atoms with Crippen molar-refractivity contribution in [3.05, 3.63) is 35.4 Å². The van der Waals surface area contributed by atoms with Crippen LogP contribution in [0.1, 0.15) is 44.6 Å². The SMILES string of the molecule is CCCNC(Cc1cc(F)cc(F)c1)CC1CCC1. The maximum atomic E-state index is 13.2. The van der Waals surface area contributed by atoms with Gasteiger partial charge >= 0.3 is 0 Å². The lowest BCUT2D eigenvalue weighted by atomic mass is 9.80. The Kier molecular flexibility index (Phi) is 5.32. The van der Waals surface area contributed by atoms with Crippen molar-refractivity contribution in [2.24, 2.45) is 5.92 Å². The van der Waals surface area contributed by atoms with Crippen LogP contribution in [0.3, 0.4) is 0 Å². The smallest absolute Gasteiger partial charge is 0.126 e. The predicted octanol–water partition coefficient (Wildman–Crippen LogP) is 4.07. The second-order valence-electron chi connectivity index (χ2n) is 5.67. The third-order valence-electron chi connectivity index (χ3n) is 3.93. The minimum atomic E-state index is -0.479. The summed E-state index contributed by atoms with van der Waals surface area (Å²) in [5, 5.41) is 3.51. The van der Waals surface area contributed by atoms with Crippen LogP contribution in [0.15, 0.2) is 18.2 Å². The summed E-state index contributed by atoms with van der Waals surface area (Å²) in [6.07, 6.45) is 6.87. The van der Waals surface area contributed by atoms with Gasteiger partial charge in [0.05, 0.1) is 0 Å². The van der Waals surface area contributed by atoms with Crippen LogP contribution in [0.5, 0.6) is 0 Å². The zero-order valence-corrected chi connectivity index (χ0v) is 11.6. The van der Waals surface area contributed by atoms with E-state index in [9.17, 15) is 8.78 Å². The van der Waals surface area contributed by atoms with Gasteiger partial charge in [-0.3, -0.25) is 0 Å². The third kappa shape index (κ3) is 4.57. The number of hydrogen-bond donors (Lipinski definition) is 1. The van der Waals surface area contributed by atoms with Gasteiger partial charge in [-0.05, 0) is 49.4 Å². The van der Waals surface area contributed by atoms with E-state index in [0.29, 0.717) is 12.5 Å². The Hall–Kier alpha value is -0.960. The van der Waals surface area contributed by atoms with Gasteiger partial charge in [-0.2, -0.15) is 0 Å². The first-order chi connectivity index (χ1) is 9.17. The zero-order chi connectivity index (χ0) is 13.7. The number of benzene rings is 1. The molecule has 1 aromatic rings. The van der Waals surface area contributed by atoms with Crippen molar-refractivity contribution in [2.75, 3.05) is 6.54 Å². The minimum absolute atomic E-state index is 0.339. The largest absolute Gasteiger partial charge is 0.314 e. The van der Waals surface area contributed by atoms with E-state index in [1.165, 1.54) is 31.4 Å². The zero-order valence-electron chi connectivity index (χ0n) is 11.6. The van der Waals surface area contributed by atoms with Gasteiger partial charge in [0.25, 0.3) is 0 Å². The molecule has 0 amide bonds. The molecule has 1 fully saturated rings. The molecule has 106 valence electrons. The van der Waals surface area contributed by atoms with Crippen molar-refractivity contribution in [1.29, 1.82) is 0 Å². The standard InChI is InChI=1S/C16H23F2N/c1-2-6-19-16(9-12-4-3-5-12)10-13-7-14(17)11-15(18)8-13/h7-8,11-12,16,19H,2-6,9-10H2,1H3. The van der Waals surface area contributed by atoms with E-state index in [0.717, 1.165) is 36.9 Å². The average Bonchev–Trinajstić information content (AvgIpc) is 2.29. The lowest BCUT2D eigenvalue weighted by molar-refractivity contribution is 0.259. The highest BCUT2D eigenvalue weighted by Gasteiger charge is 2.22. The van der Waals surface area contributed by atoms with Crippen LogP contribution >= 0.6 is 0 Å². The van der Waals surface area contributed by atoms with Crippen molar-refractivity contribution >= 4 is 0 Å². The van der Waals surface area contributed by atoms with E-state index in [1.54, 1.807) is 0 Å². The van der Waals surface area contributed by atoms with Crippen LogP contribution < -0.4 is 5.32 Å². The molecular formula is C16H23F2N. The van der Waals surface area contributed by atoms with Crippen molar-refractivity contribution in [3.63, 3.8) is 0 Å². The lowest BCUT2D eigenvalue weighted by Gasteiger charge is -2.30. The van der Waals surface area contributed by atoms with Gasteiger partial charge in [0.15, 0.2) is 0 Å². The Bertz CT molecular complexity index is 381. The Morgan fingerprint density at radius 1 is 1.21 bits per heavy atom. The number of nitrogens with one attached hydrogen (secondary N) is 1. The first kappa shape index (κ1) is 14.4. The molecule has 19 heavy (non-hydrogen) atoms. The molecule has 0 heterocycles. The molecule has 0 aromatic heterocycles. The summed E-state index contributed by atoms with van der Waals surface area (Å²) in [6, 6.07) is 4.17. The molecule has 3 heteroatoms. The molecule has 0 saturated heterocycles. The second-order valence-corrected chi connectivity index (χ2v) is 5.67. The van der Waals surface area contributed by atoms with Crippen molar-refractivity contribution in [1.82, 2.24) is 5.32 Å². The lowest BCUT2D eigenvalue weighted by Crippen LogP contribution is -2.35. The van der Waals surface area contributed by atoms with Gasteiger partial charge in [0.2, 0.25) is 0 Å². The predicted molar refractivity (Wildman–Crippen MR) is 74.1 cm³/mol. The van der Waals surface area contributed by atoms with Crippen LogP contribution in [-0.2, 0) is 6.42 Å². The van der Waals surface area contributed by atoms with Crippen molar-refractivity contribution in [2.45, 2.75) is 51.5 Å². The number of rotatable bonds is 7. The molecule has 1 nitrogen and oxygen atoms in total. The van der Waals surface area contributed by atoms with Gasteiger partial charge in [-0.25, -0.2) is 8.78 Å². The van der Waals surface area contributed by atoms with Crippen molar-refractivity contribution in [3.8, 4) is 0 Å². The maximum Gasteiger partial charge on any atom is 0.126 e. The third-order valence-corrected chi connectivity index (χ3v) is 3.93. The highest BCUT2D eigenvalue weighted by Crippen LogP contribution is 2.31. The van der Waals surface area contributed by atoms with Crippen LogP contribution in [-0.4, -0.2) is 12.6 Å². The molecule has 1 aliphatic rings. The molecule has 1 atom stereocenters. The van der Waals surface area contributed by atoms with Crippen molar-refractivity contribution < 1.29 is 8.78 Å². The minimum Gasteiger partial charge on any atom is -0.314 e. The van der Waals surface area contributed by atoms with E-state index < -0.39 is 11.6 Å². The molecule has 1 aliphatic carbocycles. The van der Waals surface area contributed by atoms with Crippen LogP contribution in [0.25, 0.3) is 0 Å². The van der Waals surface area contributed by atoms with Crippen LogP contribution in [0.4, 0.5) is 8.78 Å². The first-order valence-corrected chi connectivity index (χ1v) is 7.35. The fourth-order valence-corrected chi connectivity index (χ4v) is 2.73. The highest BCUT2D eigenvalue weighted by molar-refractivity contribution is 5.19. The summed E-state index contributed by atoms with van der Waals surface area (Å²) in [5.74, 6) is -0.159. The molecule has 1 unspecified atom stereocenters. The fourth-order valence-electron chi connectivity index (χ4n) is 2.73. The maximum absolute atomic E-state index is 13.2. The molecular weight excluding hydrogens is 244 g/mol. The summed E-state index contributed by atoms with van der Waals surface area (Å²) in [6.45, 7) is 3.10. The summed E-state index contributed by atoms with van der Waals surface area (Å²) >= 11 is 0. The van der Waals surface area contributed by atoms with E-state index in [2.05, 4.69) is 12.2 Å². The summed E-state index contributed by atoms with van der Waals surface area (Å²) in [7, 11) is 0. The molecule has 1 N–H and O–H groups in total. The number of halogens is 2. The molecule has 0 bridgehead atoms. The molecule has 0 aliphatic heterocycles. The van der Waals surface area contributed by atoms with Gasteiger partial charge < -0.3 is 5.32 Å². The molecule has 0 spiro atoms. The Morgan fingerprint density at radius 2 is 1.89 bits per heavy atom. The Labute approximate surface area is 114 Å². The quantitative estimate of drug-likeness (QED) is 0.785. The average molecular weight is 267 g/mol. The fraction of sp³-hybridized carbons (Fsp3) is 0.625.